The zero-order valence-corrected chi connectivity index (χ0v) is 17.4. The standard InChI is InChI=1S/C19H23N5O2.2CH2O2/c20-15-5-8-22-17(11-15)13-1-3-14(4-2-13)19(26)23-16-6-9-24(10-7-16)12-18(21)25;2*2-1-3/h1-5,8,11,16H,6-7,9-10,12H2,(H2,20,22)(H2,21,25)(H,23,26);2*1H,(H,2,3). The largest absolute Gasteiger partial charge is 0.483 e. The van der Waals surface area contributed by atoms with Gasteiger partial charge in [-0.1, -0.05) is 12.1 Å². The maximum Gasteiger partial charge on any atom is 0.290 e. The maximum absolute atomic E-state index is 12.4. The number of hydrogen-bond acceptors (Lipinski definition) is 7. The van der Waals surface area contributed by atoms with Gasteiger partial charge < -0.3 is 27.0 Å². The van der Waals surface area contributed by atoms with E-state index in [1.807, 2.05) is 17.0 Å². The number of carbonyl (C=O) groups excluding carboxylic acids is 2. The van der Waals surface area contributed by atoms with Crippen LogP contribution in [0.4, 0.5) is 5.69 Å². The first kappa shape index (κ1) is 26.0. The van der Waals surface area contributed by atoms with E-state index in [0.717, 1.165) is 37.2 Å². The summed E-state index contributed by atoms with van der Waals surface area (Å²) in [6.45, 7) is 1.29. The number of carbonyl (C=O) groups is 4. The van der Waals surface area contributed by atoms with Crippen molar-refractivity contribution in [1.29, 1.82) is 0 Å². The highest BCUT2D eigenvalue weighted by Crippen LogP contribution is 2.19. The van der Waals surface area contributed by atoms with Gasteiger partial charge in [0.15, 0.2) is 0 Å². The molecule has 11 heteroatoms. The van der Waals surface area contributed by atoms with Crippen LogP contribution in [-0.2, 0) is 14.4 Å². The number of nitrogens with one attached hydrogen (secondary N) is 1. The molecule has 32 heavy (non-hydrogen) atoms. The van der Waals surface area contributed by atoms with Crippen LogP contribution in [0, 0.1) is 0 Å². The number of piperidine rings is 1. The first-order chi connectivity index (χ1) is 15.3. The average Bonchev–Trinajstić information content (AvgIpc) is 2.76. The molecule has 2 aromatic rings. The Bertz CT molecular complexity index is 877. The molecule has 2 heterocycles. The second kappa shape index (κ2) is 14.1. The number of nitrogen functional groups attached to an aromatic ring is 1. The molecule has 11 nitrogen and oxygen atoms in total. The predicted molar refractivity (Wildman–Crippen MR) is 118 cm³/mol. The third kappa shape index (κ3) is 9.22. The Morgan fingerprint density at radius 2 is 1.66 bits per heavy atom. The summed E-state index contributed by atoms with van der Waals surface area (Å²) in [6, 6.07) is 11.0. The lowest BCUT2D eigenvalue weighted by Gasteiger charge is -2.31. The Labute approximate surface area is 185 Å². The Hall–Kier alpha value is -3.99. The summed E-state index contributed by atoms with van der Waals surface area (Å²) in [5.41, 5.74) is 13.9. The fourth-order valence-electron chi connectivity index (χ4n) is 3.12. The van der Waals surface area contributed by atoms with Gasteiger partial charge in [-0.2, -0.15) is 0 Å². The van der Waals surface area contributed by atoms with Gasteiger partial charge in [0.25, 0.3) is 18.9 Å². The van der Waals surface area contributed by atoms with Crippen LogP contribution in [0.15, 0.2) is 42.6 Å². The van der Waals surface area contributed by atoms with Crippen molar-refractivity contribution < 1.29 is 29.4 Å². The number of amides is 2. The molecule has 0 unspecified atom stereocenters. The molecule has 1 fully saturated rings. The molecule has 0 aliphatic carbocycles. The number of nitrogens with two attached hydrogens (primary N) is 2. The fraction of sp³-hybridized carbons (Fsp3) is 0.286. The van der Waals surface area contributed by atoms with Gasteiger partial charge in [0, 0.05) is 42.1 Å². The summed E-state index contributed by atoms with van der Waals surface area (Å²) in [5, 5.41) is 16.8. The zero-order chi connectivity index (χ0) is 23.9. The van der Waals surface area contributed by atoms with Crippen LogP contribution >= 0.6 is 0 Å². The summed E-state index contributed by atoms with van der Waals surface area (Å²) < 4.78 is 0. The highest BCUT2D eigenvalue weighted by molar-refractivity contribution is 5.94. The topological polar surface area (TPSA) is 189 Å². The minimum absolute atomic E-state index is 0.0922. The van der Waals surface area contributed by atoms with Crippen molar-refractivity contribution in [2.45, 2.75) is 18.9 Å². The monoisotopic (exact) mass is 445 g/mol. The molecule has 3 rings (SSSR count). The molecule has 0 bridgehead atoms. The Morgan fingerprint density at radius 3 is 2.16 bits per heavy atom. The summed E-state index contributed by atoms with van der Waals surface area (Å²) in [7, 11) is 0. The highest BCUT2D eigenvalue weighted by atomic mass is 16.3. The van der Waals surface area contributed by atoms with Gasteiger partial charge >= 0.3 is 0 Å². The van der Waals surface area contributed by atoms with Gasteiger partial charge in [-0.15, -0.1) is 0 Å². The first-order valence-electron chi connectivity index (χ1n) is 9.63. The van der Waals surface area contributed by atoms with E-state index in [-0.39, 0.29) is 37.3 Å². The van der Waals surface area contributed by atoms with Crippen LogP contribution in [0.25, 0.3) is 11.3 Å². The number of rotatable bonds is 5. The lowest BCUT2D eigenvalue weighted by Crippen LogP contribution is -2.46. The lowest BCUT2D eigenvalue weighted by molar-refractivity contribution is -0.123. The third-order valence-electron chi connectivity index (χ3n) is 4.53. The number of aromatic nitrogens is 1. The van der Waals surface area contributed by atoms with Gasteiger partial charge in [-0.05, 0) is 37.1 Å². The van der Waals surface area contributed by atoms with Crippen LogP contribution < -0.4 is 16.8 Å². The summed E-state index contributed by atoms with van der Waals surface area (Å²) in [4.78, 5) is 46.4. The van der Waals surface area contributed by atoms with E-state index in [9.17, 15) is 9.59 Å². The van der Waals surface area contributed by atoms with E-state index in [1.165, 1.54) is 0 Å². The Kier molecular flexibility index (Phi) is 11.5. The number of benzene rings is 1. The molecule has 1 aliphatic rings. The van der Waals surface area contributed by atoms with E-state index in [0.29, 0.717) is 11.3 Å². The normalized spacial score (nSPS) is 13.4. The SMILES string of the molecule is NC(=O)CN1CCC(NC(=O)c2ccc(-c3cc(N)ccn3)cc2)CC1.O=CO.O=CO. The van der Waals surface area contributed by atoms with Crippen molar-refractivity contribution in [3.63, 3.8) is 0 Å². The molecule has 0 radical (unpaired) electrons. The van der Waals surface area contributed by atoms with E-state index in [1.54, 1.807) is 30.5 Å². The smallest absolute Gasteiger partial charge is 0.290 e. The number of pyridine rings is 1. The Morgan fingerprint density at radius 1 is 1.09 bits per heavy atom. The summed E-state index contributed by atoms with van der Waals surface area (Å²) in [6.07, 6.45) is 3.28. The molecule has 1 aromatic carbocycles. The van der Waals surface area contributed by atoms with Crippen LogP contribution in [-0.4, -0.2) is 70.5 Å². The van der Waals surface area contributed by atoms with Crippen molar-refractivity contribution in [1.82, 2.24) is 15.2 Å². The molecule has 172 valence electrons. The minimum Gasteiger partial charge on any atom is -0.483 e. The second-order valence-electron chi connectivity index (χ2n) is 6.75. The summed E-state index contributed by atoms with van der Waals surface area (Å²) >= 11 is 0. The van der Waals surface area contributed by atoms with Crippen molar-refractivity contribution in [2.24, 2.45) is 5.73 Å². The van der Waals surface area contributed by atoms with Gasteiger partial charge in [-0.3, -0.25) is 29.1 Å². The van der Waals surface area contributed by atoms with Gasteiger partial charge in [-0.25, -0.2) is 0 Å². The average molecular weight is 445 g/mol. The molecular formula is C21H27N5O6. The molecule has 0 saturated carbocycles. The molecular weight excluding hydrogens is 418 g/mol. The van der Waals surface area contributed by atoms with E-state index in [4.69, 9.17) is 31.3 Å². The number of likely N-dealkylation sites (tertiary alicyclic amines) is 1. The number of carboxylic acid groups (broad SMARTS) is 2. The summed E-state index contributed by atoms with van der Waals surface area (Å²) in [5.74, 6) is -0.410. The number of primary amides is 1. The van der Waals surface area contributed by atoms with Crippen LogP contribution in [0.1, 0.15) is 23.2 Å². The molecule has 0 spiro atoms. The van der Waals surface area contributed by atoms with Crippen LogP contribution in [0.3, 0.4) is 0 Å². The van der Waals surface area contributed by atoms with Crippen molar-refractivity contribution in [2.75, 3.05) is 25.4 Å². The van der Waals surface area contributed by atoms with Crippen molar-refractivity contribution in [3.8, 4) is 11.3 Å². The Balaban J connectivity index is 0.000000769. The number of hydrogen-bond donors (Lipinski definition) is 5. The molecule has 0 atom stereocenters. The van der Waals surface area contributed by atoms with E-state index in [2.05, 4.69) is 10.3 Å². The second-order valence-corrected chi connectivity index (χ2v) is 6.75. The first-order valence-corrected chi connectivity index (χ1v) is 9.63. The fourth-order valence-corrected chi connectivity index (χ4v) is 3.12. The van der Waals surface area contributed by atoms with Gasteiger partial charge in [0.05, 0.1) is 12.2 Å². The highest BCUT2D eigenvalue weighted by Gasteiger charge is 2.21. The minimum atomic E-state index is -0.317. The predicted octanol–water partition coefficient (Wildman–Crippen LogP) is 0.412. The van der Waals surface area contributed by atoms with Crippen LogP contribution in [0.2, 0.25) is 0 Å². The van der Waals surface area contributed by atoms with Crippen molar-refractivity contribution >= 4 is 30.4 Å². The molecule has 1 saturated heterocycles. The zero-order valence-electron chi connectivity index (χ0n) is 17.4. The molecule has 1 aliphatic heterocycles. The van der Waals surface area contributed by atoms with E-state index >= 15 is 0 Å². The van der Waals surface area contributed by atoms with Gasteiger partial charge in [0.2, 0.25) is 5.91 Å². The van der Waals surface area contributed by atoms with Crippen molar-refractivity contribution in [3.05, 3.63) is 48.2 Å². The molecule has 1 aromatic heterocycles. The third-order valence-corrected chi connectivity index (χ3v) is 4.53. The van der Waals surface area contributed by atoms with Crippen LogP contribution in [0.5, 0.6) is 0 Å². The number of anilines is 1. The maximum atomic E-state index is 12.4. The molecule has 7 N–H and O–H groups in total. The number of nitrogens with zero attached hydrogens (tertiary/aromatic N) is 2. The lowest BCUT2D eigenvalue weighted by atomic mass is 10.0. The quantitative estimate of drug-likeness (QED) is 0.406. The van der Waals surface area contributed by atoms with E-state index < -0.39 is 0 Å². The molecule has 2 amide bonds. The van der Waals surface area contributed by atoms with Gasteiger partial charge in [0.1, 0.15) is 0 Å².